The quantitative estimate of drug-likeness (QED) is 0.642. The van der Waals surface area contributed by atoms with Gasteiger partial charge >= 0.3 is 5.97 Å². The predicted molar refractivity (Wildman–Crippen MR) is 105 cm³/mol. The topological polar surface area (TPSA) is 59.0 Å². The Morgan fingerprint density at radius 1 is 1.36 bits per heavy atom. The molecule has 0 amide bonds. The second kappa shape index (κ2) is 5.99. The number of esters is 1. The third kappa shape index (κ3) is 2.03. The van der Waals surface area contributed by atoms with E-state index >= 15 is 0 Å². The molecule has 0 unspecified atom stereocenters. The first-order valence-corrected chi connectivity index (χ1v) is 10.4. The van der Waals surface area contributed by atoms with Crippen LogP contribution in [0.1, 0.15) is 37.3 Å². The minimum absolute atomic E-state index is 0.0625. The van der Waals surface area contributed by atoms with Crippen LogP contribution in [0.5, 0.6) is 11.5 Å². The van der Waals surface area contributed by atoms with Crippen LogP contribution < -0.4 is 4.74 Å². The average Bonchev–Trinajstić information content (AvgIpc) is 2.70. The molecule has 28 heavy (non-hydrogen) atoms. The highest BCUT2D eigenvalue weighted by Crippen LogP contribution is 2.70. The minimum atomic E-state index is -0.150. The summed E-state index contributed by atoms with van der Waals surface area (Å²) in [6.45, 7) is 3.31. The van der Waals surface area contributed by atoms with Crippen LogP contribution in [0.4, 0.5) is 0 Å². The lowest BCUT2D eigenvalue weighted by atomic mass is 9.38. The number of carbonyl (C=O) groups excluding carboxylic acids is 1. The first-order chi connectivity index (χ1) is 13.5. The average molecular weight is 383 g/mol. The molecule has 1 aromatic rings. The fourth-order valence-corrected chi connectivity index (χ4v) is 6.98. The van der Waals surface area contributed by atoms with Crippen LogP contribution in [0.3, 0.4) is 0 Å². The van der Waals surface area contributed by atoms with Gasteiger partial charge in [0.15, 0.2) is 11.5 Å². The van der Waals surface area contributed by atoms with Gasteiger partial charge in [-0.2, -0.15) is 0 Å². The number of piperidine rings is 1. The van der Waals surface area contributed by atoms with Gasteiger partial charge in [-0.25, -0.2) is 0 Å². The third-order valence-corrected chi connectivity index (χ3v) is 8.14. The predicted octanol–water partition coefficient (Wildman–Crippen LogP) is 3.04. The van der Waals surface area contributed by atoms with Crippen molar-refractivity contribution in [1.82, 2.24) is 4.90 Å². The Bertz CT molecular complexity index is 864. The molecule has 2 fully saturated rings. The zero-order valence-electron chi connectivity index (χ0n) is 16.9. The summed E-state index contributed by atoms with van der Waals surface area (Å²) < 4.78 is 10.9. The van der Waals surface area contributed by atoms with Crippen LogP contribution in [0.15, 0.2) is 24.3 Å². The summed E-state index contributed by atoms with van der Waals surface area (Å²) in [5.74, 6) is 0.874. The van der Waals surface area contributed by atoms with Gasteiger partial charge in [-0.05, 0) is 63.7 Å². The van der Waals surface area contributed by atoms with Gasteiger partial charge < -0.3 is 19.5 Å². The lowest BCUT2D eigenvalue weighted by Crippen LogP contribution is -2.70. The Balaban J connectivity index is 1.70. The fraction of sp³-hybridized carbons (Fsp3) is 0.609. The van der Waals surface area contributed by atoms with E-state index in [4.69, 9.17) is 9.47 Å². The van der Waals surface area contributed by atoms with E-state index in [1.165, 1.54) is 5.56 Å². The normalized spacial score (nSPS) is 37.9. The molecule has 1 spiro atoms. The van der Waals surface area contributed by atoms with Crippen molar-refractivity contribution in [3.8, 4) is 11.5 Å². The molecule has 1 aromatic carbocycles. The molecule has 5 aliphatic rings. The third-order valence-electron chi connectivity index (χ3n) is 8.14. The standard InChI is InChI=1S/C23H29NO4/c1-4-28-21(26)16-13-22-8-7-15(16)12-23(22)9-10-24(2)18(22)11-14-5-6-17(27-3)20(25)19(14)23/h5-8,15-16,18,25H,4,9-13H2,1-3H3/t15-,16-,18-,22+,23+/m0/s1. The van der Waals surface area contributed by atoms with Crippen LogP contribution in [0.2, 0.25) is 0 Å². The highest BCUT2D eigenvalue weighted by molar-refractivity contribution is 5.75. The molecule has 5 nitrogen and oxygen atoms in total. The number of ether oxygens (including phenoxy) is 2. The van der Waals surface area contributed by atoms with Crippen LogP contribution in [0, 0.1) is 17.3 Å². The number of allylic oxidation sites excluding steroid dienone is 1. The maximum Gasteiger partial charge on any atom is 0.309 e. The van der Waals surface area contributed by atoms with Crippen LogP contribution >= 0.6 is 0 Å². The summed E-state index contributed by atoms with van der Waals surface area (Å²) in [6.07, 6.45) is 8.22. The Labute approximate surface area is 166 Å². The number of carbonyl (C=O) groups is 1. The monoisotopic (exact) mass is 383 g/mol. The molecule has 1 saturated heterocycles. The molecule has 6 rings (SSSR count). The molecule has 4 bridgehead atoms. The second-order valence-electron chi connectivity index (χ2n) is 9.01. The van der Waals surface area contributed by atoms with Crippen molar-refractivity contribution in [2.45, 2.75) is 44.1 Å². The number of fused-ring (bicyclic) bond motifs is 2. The van der Waals surface area contributed by atoms with Crippen LogP contribution in [-0.2, 0) is 21.4 Å². The van der Waals surface area contributed by atoms with E-state index in [-0.39, 0.29) is 28.6 Å². The van der Waals surface area contributed by atoms with E-state index < -0.39 is 0 Å². The lowest BCUT2D eigenvalue weighted by molar-refractivity contribution is -0.160. The highest BCUT2D eigenvalue weighted by Gasteiger charge is 2.68. The molecular weight excluding hydrogens is 354 g/mol. The van der Waals surface area contributed by atoms with E-state index in [0.717, 1.165) is 37.8 Å². The Hall–Kier alpha value is -2.01. The maximum atomic E-state index is 12.7. The number of phenols is 1. The molecule has 5 heteroatoms. The summed E-state index contributed by atoms with van der Waals surface area (Å²) in [5.41, 5.74) is 2.02. The number of likely N-dealkylation sites (tertiary alicyclic amines) is 1. The number of benzene rings is 1. The molecule has 0 aromatic heterocycles. The van der Waals surface area contributed by atoms with Crippen molar-refractivity contribution in [3.63, 3.8) is 0 Å². The van der Waals surface area contributed by atoms with Gasteiger partial charge in [0.2, 0.25) is 0 Å². The second-order valence-corrected chi connectivity index (χ2v) is 9.01. The van der Waals surface area contributed by atoms with Crippen molar-refractivity contribution in [3.05, 3.63) is 35.4 Å². The lowest BCUT2D eigenvalue weighted by Gasteiger charge is -2.68. The number of likely N-dealkylation sites (N-methyl/N-ethyl adjacent to an activating group) is 1. The van der Waals surface area contributed by atoms with Crippen molar-refractivity contribution in [2.24, 2.45) is 17.3 Å². The molecule has 4 aliphatic carbocycles. The Morgan fingerprint density at radius 2 is 2.18 bits per heavy atom. The van der Waals surface area contributed by atoms with Crippen LogP contribution in [0.25, 0.3) is 0 Å². The number of nitrogens with zero attached hydrogens (tertiary/aromatic N) is 1. The summed E-state index contributed by atoms with van der Waals surface area (Å²) in [6, 6.07) is 4.34. The van der Waals surface area contributed by atoms with Crippen molar-refractivity contribution in [2.75, 3.05) is 27.3 Å². The van der Waals surface area contributed by atoms with E-state index in [1.807, 2.05) is 13.0 Å². The van der Waals surface area contributed by atoms with Gasteiger partial charge in [0.1, 0.15) is 0 Å². The number of rotatable bonds is 3. The smallest absolute Gasteiger partial charge is 0.309 e. The molecule has 5 atom stereocenters. The van der Waals surface area contributed by atoms with Crippen molar-refractivity contribution in [1.29, 1.82) is 0 Å². The Kier molecular flexibility index (Phi) is 3.86. The van der Waals surface area contributed by atoms with Crippen molar-refractivity contribution < 1.29 is 19.4 Å². The zero-order chi connectivity index (χ0) is 19.7. The number of hydrogen-bond donors (Lipinski definition) is 1. The summed E-state index contributed by atoms with van der Waals surface area (Å²) in [7, 11) is 3.81. The van der Waals surface area contributed by atoms with E-state index in [2.05, 4.69) is 30.2 Å². The number of hydrogen-bond acceptors (Lipinski definition) is 5. The van der Waals surface area contributed by atoms with E-state index in [9.17, 15) is 9.90 Å². The Morgan fingerprint density at radius 3 is 2.93 bits per heavy atom. The summed E-state index contributed by atoms with van der Waals surface area (Å²) >= 11 is 0. The van der Waals surface area contributed by atoms with E-state index in [0.29, 0.717) is 24.1 Å². The fourth-order valence-electron chi connectivity index (χ4n) is 6.98. The highest BCUT2D eigenvalue weighted by atomic mass is 16.5. The molecule has 150 valence electrons. The first kappa shape index (κ1) is 18.0. The van der Waals surface area contributed by atoms with Gasteiger partial charge in [0.05, 0.1) is 19.6 Å². The largest absolute Gasteiger partial charge is 0.504 e. The summed E-state index contributed by atoms with van der Waals surface area (Å²) in [4.78, 5) is 15.2. The number of methoxy groups -OCH3 is 1. The molecule has 1 N–H and O–H groups in total. The molecule has 0 radical (unpaired) electrons. The van der Waals surface area contributed by atoms with Crippen LogP contribution in [-0.4, -0.2) is 49.3 Å². The van der Waals surface area contributed by atoms with Gasteiger partial charge in [-0.3, -0.25) is 4.79 Å². The van der Waals surface area contributed by atoms with Gasteiger partial charge in [0.25, 0.3) is 0 Å². The van der Waals surface area contributed by atoms with Gasteiger partial charge in [-0.15, -0.1) is 0 Å². The van der Waals surface area contributed by atoms with Gasteiger partial charge in [0, 0.05) is 22.4 Å². The number of phenolic OH excluding ortho intramolecular Hbond substituents is 1. The maximum absolute atomic E-state index is 12.7. The molecule has 1 saturated carbocycles. The first-order valence-electron chi connectivity index (χ1n) is 10.4. The number of aromatic hydroxyl groups is 1. The minimum Gasteiger partial charge on any atom is -0.504 e. The van der Waals surface area contributed by atoms with Gasteiger partial charge in [-0.1, -0.05) is 18.2 Å². The SMILES string of the molecule is CCOC(=O)[C@H]1C[C@@]23C=C[C@H]1C[C@@]21CCN(C)[C@H]3Cc2ccc(OC)c(O)c21. The van der Waals surface area contributed by atoms with Crippen molar-refractivity contribution >= 4 is 5.97 Å². The molecule has 1 heterocycles. The molecule has 1 aliphatic heterocycles. The summed E-state index contributed by atoms with van der Waals surface area (Å²) in [5, 5.41) is 11.2. The molecular formula is C23H29NO4. The zero-order valence-corrected chi connectivity index (χ0v) is 16.9. The van der Waals surface area contributed by atoms with E-state index in [1.54, 1.807) is 7.11 Å².